The van der Waals surface area contributed by atoms with Crippen molar-refractivity contribution in [2.45, 2.75) is 24.8 Å². The van der Waals surface area contributed by atoms with Crippen molar-refractivity contribution in [1.82, 2.24) is 5.43 Å². The topological polar surface area (TPSA) is 47.3 Å². The summed E-state index contributed by atoms with van der Waals surface area (Å²) in [7, 11) is 0. The van der Waals surface area contributed by atoms with Crippen LogP contribution in [-0.2, 0) is 17.3 Å². The van der Waals surface area contributed by atoms with Gasteiger partial charge in [-0.1, -0.05) is 18.2 Å². The zero-order valence-electron chi connectivity index (χ0n) is 10.8. The molecule has 0 spiro atoms. The Bertz CT molecular complexity index is 446. The highest BCUT2D eigenvalue weighted by Gasteiger charge is 2.30. The SMILES string of the molecule is NNC(COCC(F)(F)F)Cc1cccc(C(F)(F)F)c1. The lowest BCUT2D eigenvalue weighted by atomic mass is 10.0. The van der Waals surface area contributed by atoms with Gasteiger partial charge >= 0.3 is 12.4 Å². The standard InChI is InChI=1S/C12H14F6N2O/c13-11(14,15)7-21-6-10(20-19)5-8-2-1-3-9(4-8)12(16,17)18/h1-4,10,20H,5-7,19H2. The van der Waals surface area contributed by atoms with Crippen LogP contribution in [0.2, 0.25) is 0 Å². The smallest absolute Gasteiger partial charge is 0.370 e. The molecule has 1 rings (SSSR count). The first kappa shape index (κ1) is 17.7. The highest BCUT2D eigenvalue weighted by Crippen LogP contribution is 2.29. The van der Waals surface area contributed by atoms with Crippen LogP contribution in [0.1, 0.15) is 11.1 Å². The Morgan fingerprint density at radius 1 is 1.14 bits per heavy atom. The van der Waals surface area contributed by atoms with Gasteiger partial charge in [0.15, 0.2) is 0 Å². The van der Waals surface area contributed by atoms with Crippen molar-refractivity contribution in [2.24, 2.45) is 5.84 Å². The molecule has 1 aromatic carbocycles. The largest absolute Gasteiger partial charge is 0.416 e. The van der Waals surface area contributed by atoms with E-state index >= 15 is 0 Å². The normalized spacial score (nSPS) is 14.2. The summed E-state index contributed by atoms with van der Waals surface area (Å²) in [5.41, 5.74) is 1.69. The number of hydrogen-bond acceptors (Lipinski definition) is 3. The van der Waals surface area contributed by atoms with Gasteiger partial charge in [0.25, 0.3) is 0 Å². The predicted octanol–water partition coefficient (Wildman–Crippen LogP) is 2.66. The van der Waals surface area contributed by atoms with E-state index in [1.165, 1.54) is 12.1 Å². The third-order valence-electron chi connectivity index (χ3n) is 2.56. The van der Waals surface area contributed by atoms with E-state index in [-0.39, 0.29) is 13.0 Å². The number of alkyl halides is 6. The third kappa shape index (κ3) is 6.78. The summed E-state index contributed by atoms with van der Waals surface area (Å²) >= 11 is 0. The summed E-state index contributed by atoms with van der Waals surface area (Å²) in [5, 5.41) is 0. The molecule has 0 aliphatic rings. The van der Waals surface area contributed by atoms with Crippen LogP contribution in [0.4, 0.5) is 26.3 Å². The van der Waals surface area contributed by atoms with Crippen molar-refractivity contribution in [3.63, 3.8) is 0 Å². The molecule has 0 radical (unpaired) electrons. The van der Waals surface area contributed by atoms with Crippen molar-refractivity contribution in [1.29, 1.82) is 0 Å². The molecule has 3 nitrogen and oxygen atoms in total. The van der Waals surface area contributed by atoms with Crippen LogP contribution in [0, 0.1) is 0 Å². The number of nitrogens with two attached hydrogens (primary N) is 1. The van der Waals surface area contributed by atoms with Crippen LogP contribution >= 0.6 is 0 Å². The van der Waals surface area contributed by atoms with E-state index in [1.54, 1.807) is 0 Å². The van der Waals surface area contributed by atoms with E-state index in [0.717, 1.165) is 12.1 Å². The van der Waals surface area contributed by atoms with Crippen molar-refractivity contribution in [2.75, 3.05) is 13.2 Å². The summed E-state index contributed by atoms with van der Waals surface area (Å²) in [6, 6.07) is 3.77. The monoisotopic (exact) mass is 316 g/mol. The van der Waals surface area contributed by atoms with E-state index in [9.17, 15) is 26.3 Å². The van der Waals surface area contributed by atoms with Crippen molar-refractivity contribution in [3.05, 3.63) is 35.4 Å². The molecule has 1 aromatic rings. The fraction of sp³-hybridized carbons (Fsp3) is 0.500. The third-order valence-corrected chi connectivity index (χ3v) is 2.56. The van der Waals surface area contributed by atoms with E-state index < -0.39 is 30.6 Å². The number of benzene rings is 1. The molecule has 3 N–H and O–H groups in total. The maximum absolute atomic E-state index is 12.5. The maximum atomic E-state index is 12.5. The van der Waals surface area contributed by atoms with Gasteiger partial charge in [0, 0.05) is 6.04 Å². The first-order valence-electron chi connectivity index (χ1n) is 5.88. The molecular weight excluding hydrogens is 302 g/mol. The minimum Gasteiger partial charge on any atom is -0.370 e. The average molecular weight is 316 g/mol. The van der Waals surface area contributed by atoms with Gasteiger partial charge in [-0.3, -0.25) is 11.3 Å². The van der Waals surface area contributed by atoms with Gasteiger partial charge in [0.1, 0.15) is 6.61 Å². The Balaban J connectivity index is 2.61. The van der Waals surface area contributed by atoms with Crippen LogP contribution < -0.4 is 11.3 Å². The molecule has 0 saturated carbocycles. The molecule has 0 bridgehead atoms. The highest BCUT2D eigenvalue weighted by molar-refractivity contribution is 5.26. The molecule has 1 unspecified atom stereocenters. The quantitative estimate of drug-likeness (QED) is 0.482. The molecule has 0 fully saturated rings. The molecular formula is C12H14F6N2O. The molecule has 0 heterocycles. The van der Waals surface area contributed by atoms with Crippen LogP contribution in [0.3, 0.4) is 0 Å². The second-order valence-corrected chi connectivity index (χ2v) is 4.40. The lowest BCUT2D eigenvalue weighted by Gasteiger charge is -2.17. The van der Waals surface area contributed by atoms with Gasteiger partial charge < -0.3 is 4.74 Å². The summed E-state index contributed by atoms with van der Waals surface area (Å²) in [5.74, 6) is 5.16. The Morgan fingerprint density at radius 3 is 2.33 bits per heavy atom. The summed E-state index contributed by atoms with van der Waals surface area (Å²) in [4.78, 5) is 0. The fourth-order valence-electron chi connectivity index (χ4n) is 1.64. The van der Waals surface area contributed by atoms with Gasteiger partial charge in [-0.25, -0.2) is 0 Å². The summed E-state index contributed by atoms with van der Waals surface area (Å²) in [6.45, 7) is -1.81. The minimum absolute atomic E-state index is 0.0122. The van der Waals surface area contributed by atoms with Crippen molar-refractivity contribution < 1.29 is 31.1 Å². The average Bonchev–Trinajstić information content (AvgIpc) is 2.35. The van der Waals surface area contributed by atoms with Gasteiger partial charge in [0.2, 0.25) is 0 Å². The Hall–Kier alpha value is -1.32. The lowest BCUT2D eigenvalue weighted by molar-refractivity contribution is -0.175. The predicted molar refractivity (Wildman–Crippen MR) is 63.1 cm³/mol. The number of rotatable bonds is 6. The number of nitrogens with one attached hydrogen (secondary N) is 1. The van der Waals surface area contributed by atoms with Crippen LogP contribution in [0.5, 0.6) is 0 Å². The van der Waals surface area contributed by atoms with E-state index in [1.807, 2.05) is 0 Å². The van der Waals surface area contributed by atoms with Crippen LogP contribution in [0.25, 0.3) is 0 Å². The molecule has 9 heteroatoms. The van der Waals surface area contributed by atoms with Gasteiger partial charge in [-0.05, 0) is 18.1 Å². The molecule has 21 heavy (non-hydrogen) atoms. The second kappa shape index (κ2) is 7.10. The Kier molecular flexibility index (Phi) is 5.99. The van der Waals surface area contributed by atoms with Gasteiger partial charge in [0.05, 0.1) is 12.2 Å². The summed E-state index contributed by atoms with van der Waals surface area (Å²) in [6.07, 6.45) is -8.93. The minimum atomic E-state index is -4.48. The lowest BCUT2D eigenvalue weighted by Crippen LogP contribution is -2.41. The zero-order chi connectivity index (χ0) is 16.1. The molecule has 1 atom stereocenters. The van der Waals surface area contributed by atoms with E-state index in [4.69, 9.17) is 5.84 Å². The number of ether oxygens (including phenoxy) is 1. The van der Waals surface area contributed by atoms with Gasteiger partial charge in [-0.15, -0.1) is 0 Å². The van der Waals surface area contributed by atoms with Crippen molar-refractivity contribution in [3.8, 4) is 0 Å². The van der Waals surface area contributed by atoms with Crippen LogP contribution in [-0.4, -0.2) is 25.4 Å². The number of hydrogen-bond donors (Lipinski definition) is 2. The molecule has 0 saturated heterocycles. The van der Waals surface area contributed by atoms with Gasteiger partial charge in [-0.2, -0.15) is 26.3 Å². The van der Waals surface area contributed by atoms with E-state index in [2.05, 4.69) is 10.2 Å². The molecule has 0 aliphatic carbocycles. The van der Waals surface area contributed by atoms with Crippen LogP contribution in [0.15, 0.2) is 24.3 Å². The molecule has 120 valence electrons. The molecule has 0 aliphatic heterocycles. The first-order chi connectivity index (χ1) is 9.62. The Labute approximate surface area is 117 Å². The second-order valence-electron chi connectivity index (χ2n) is 4.40. The summed E-state index contributed by atoms with van der Waals surface area (Å²) < 4.78 is 77.8. The maximum Gasteiger partial charge on any atom is 0.416 e. The Morgan fingerprint density at radius 2 is 1.81 bits per heavy atom. The zero-order valence-corrected chi connectivity index (χ0v) is 10.8. The number of hydrazine groups is 1. The molecule has 0 amide bonds. The number of halogens is 6. The molecule has 0 aromatic heterocycles. The fourth-order valence-corrected chi connectivity index (χ4v) is 1.64. The van der Waals surface area contributed by atoms with Crippen molar-refractivity contribution >= 4 is 0 Å². The van der Waals surface area contributed by atoms with E-state index in [0.29, 0.717) is 5.56 Å². The highest BCUT2D eigenvalue weighted by atomic mass is 19.4. The first-order valence-corrected chi connectivity index (χ1v) is 5.88.